The van der Waals surface area contributed by atoms with Crippen LogP contribution in [0, 0.1) is 0 Å². The normalized spacial score (nSPS) is 11.3. The molecule has 0 aliphatic carbocycles. The molecule has 2 heterocycles. The third-order valence-corrected chi connectivity index (χ3v) is 5.15. The number of hydrogen-bond donors (Lipinski definition) is 2. The van der Waals surface area contributed by atoms with Crippen LogP contribution in [0.25, 0.3) is 22.4 Å². The van der Waals surface area contributed by atoms with Crippen molar-refractivity contribution in [3.05, 3.63) is 71.0 Å². The minimum absolute atomic E-state index is 0.197. The molecule has 4 aromatic rings. The number of hydrogen-bond acceptors (Lipinski definition) is 6. The van der Waals surface area contributed by atoms with Crippen LogP contribution < -0.4 is 9.46 Å². The van der Waals surface area contributed by atoms with Gasteiger partial charge in [-0.1, -0.05) is 41.9 Å². The fourth-order valence-corrected chi connectivity index (χ4v) is 3.56. The summed E-state index contributed by atoms with van der Waals surface area (Å²) in [6.07, 6.45) is 1.82. The Morgan fingerprint density at radius 2 is 1.90 bits per heavy atom. The number of thiol groups is 1. The van der Waals surface area contributed by atoms with Crippen LogP contribution in [0.3, 0.4) is 0 Å². The molecule has 1 N–H and O–H groups in total. The third kappa shape index (κ3) is 4.59. The molecule has 0 saturated heterocycles. The fourth-order valence-electron chi connectivity index (χ4n) is 3.03. The van der Waals surface area contributed by atoms with E-state index in [9.17, 15) is 8.42 Å². The van der Waals surface area contributed by atoms with Gasteiger partial charge in [0, 0.05) is 12.1 Å². The zero-order valence-corrected chi connectivity index (χ0v) is 17.6. The van der Waals surface area contributed by atoms with E-state index in [0.717, 1.165) is 22.4 Å². The van der Waals surface area contributed by atoms with Crippen molar-refractivity contribution in [1.82, 2.24) is 24.5 Å². The topological polar surface area (TPSA) is 99.0 Å². The first kappa shape index (κ1) is 20.3. The molecule has 0 aliphatic heterocycles. The molecule has 0 fully saturated rings. The molecule has 0 aliphatic rings. The summed E-state index contributed by atoms with van der Waals surface area (Å²) in [6, 6.07) is 15.0. The Morgan fingerprint density at radius 1 is 1.10 bits per heavy atom. The van der Waals surface area contributed by atoms with Gasteiger partial charge in [0.1, 0.15) is 16.8 Å². The van der Waals surface area contributed by atoms with E-state index in [1.807, 2.05) is 54.7 Å². The third-order valence-electron chi connectivity index (χ3n) is 4.47. The molecule has 154 valence electrons. The average Bonchev–Trinajstić information content (AvgIpc) is 3.16. The molecule has 0 amide bonds. The highest BCUT2D eigenvalue weighted by atomic mass is 35.5. The van der Waals surface area contributed by atoms with Gasteiger partial charge in [0.2, 0.25) is 10.9 Å². The largest absolute Gasteiger partial charge is 0.497 e. The van der Waals surface area contributed by atoms with Gasteiger partial charge in [-0.15, -0.1) is 0 Å². The Kier molecular flexibility index (Phi) is 5.93. The summed E-state index contributed by atoms with van der Waals surface area (Å²) in [4.78, 5) is 8.97. The number of nitrogens with one attached hydrogen (secondary N) is 1. The molecule has 0 bridgehead atoms. The van der Waals surface area contributed by atoms with Crippen molar-refractivity contribution in [3.63, 3.8) is 0 Å². The highest BCUT2D eigenvalue weighted by Crippen LogP contribution is 2.25. The van der Waals surface area contributed by atoms with Gasteiger partial charge in [0.25, 0.3) is 0 Å². The fraction of sp³-hybridized carbons (Fsp3) is 0.150. The molecular formula is C20H18ClN5O3S. The lowest BCUT2D eigenvalue weighted by Crippen LogP contribution is -2.10. The molecule has 0 radical (unpaired) electrons. The van der Waals surface area contributed by atoms with Crippen LogP contribution in [0.15, 0.2) is 54.7 Å². The molecule has 10 heteroatoms. The molecule has 0 atom stereocenters. The zero-order chi connectivity index (χ0) is 21.1. The van der Waals surface area contributed by atoms with Gasteiger partial charge in [-0.3, -0.25) is 4.68 Å². The number of nitrogens with zero attached hydrogens (tertiary/aromatic N) is 4. The van der Waals surface area contributed by atoms with E-state index in [0.29, 0.717) is 23.4 Å². The van der Waals surface area contributed by atoms with Crippen LogP contribution in [-0.4, -0.2) is 35.3 Å². The lowest BCUT2D eigenvalue weighted by atomic mass is 10.1. The van der Waals surface area contributed by atoms with Crippen LogP contribution in [0.1, 0.15) is 11.1 Å². The van der Waals surface area contributed by atoms with Crippen LogP contribution >= 0.6 is 11.6 Å². The van der Waals surface area contributed by atoms with Crippen molar-refractivity contribution < 1.29 is 13.2 Å². The summed E-state index contributed by atoms with van der Waals surface area (Å²) in [6.45, 7) is 0.753. The first-order chi connectivity index (χ1) is 14.5. The summed E-state index contributed by atoms with van der Waals surface area (Å²) < 4.78 is 30.8. The van der Waals surface area contributed by atoms with E-state index in [-0.39, 0.29) is 11.7 Å². The van der Waals surface area contributed by atoms with Gasteiger partial charge < -0.3 is 4.74 Å². The van der Waals surface area contributed by atoms with Crippen molar-refractivity contribution >= 4 is 33.5 Å². The summed E-state index contributed by atoms with van der Waals surface area (Å²) in [7, 11) is -1.03. The number of methoxy groups -OCH3 is 1. The Labute approximate surface area is 179 Å². The minimum atomic E-state index is -2.66. The molecule has 2 aromatic carbocycles. The van der Waals surface area contributed by atoms with Gasteiger partial charge in [-0.2, -0.15) is 5.10 Å². The predicted molar refractivity (Wildman–Crippen MR) is 115 cm³/mol. The Balaban J connectivity index is 1.62. The predicted octanol–water partition coefficient (Wildman–Crippen LogP) is 2.82. The first-order valence-electron chi connectivity index (χ1n) is 9.02. The number of aromatic nitrogens is 4. The van der Waals surface area contributed by atoms with Crippen molar-refractivity contribution in [1.29, 1.82) is 0 Å². The van der Waals surface area contributed by atoms with E-state index in [1.54, 1.807) is 11.8 Å². The van der Waals surface area contributed by atoms with Crippen molar-refractivity contribution in [2.45, 2.75) is 13.1 Å². The lowest BCUT2D eigenvalue weighted by molar-refractivity contribution is 0.414. The standard InChI is InChI=1S/C20H18ClN5O3S/c1-29-16-7-5-13(6-8-16)11-26-12-17-18(25-26)19(21)24-20(23-17)15-4-2-3-14(9-15)10-22-30(27)28/h2-9,12,30H,10-11H2,1H3,(H,22,27,28). The second-order valence-electron chi connectivity index (χ2n) is 6.54. The highest BCUT2D eigenvalue weighted by Gasteiger charge is 2.12. The van der Waals surface area contributed by atoms with Gasteiger partial charge in [0.15, 0.2) is 11.0 Å². The maximum atomic E-state index is 10.8. The summed E-state index contributed by atoms with van der Waals surface area (Å²) >= 11 is 6.37. The monoisotopic (exact) mass is 443 g/mol. The second kappa shape index (κ2) is 8.78. The highest BCUT2D eigenvalue weighted by molar-refractivity contribution is 7.70. The summed E-state index contributed by atoms with van der Waals surface area (Å²) in [5.41, 5.74) is 3.74. The van der Waals surface area contributed by atoms with Crippen LogP contribution in [0.4, 0.5) is 0 Å². The molecule has 0 saturated carbocycles. The Morgan fingerprint density at radius 3 is 2.63 bits per heavy atom. The van der Waals surface area contributed by atoms with Crippen LogP contribution in [-0.2, 0) is 24.0 Å². The van der Waals surface area contributed by atoms with E-state index in [2.05, 4.69) is 19.8 Å². The van der Waals surface area contributed by atoms with Gasteiger partial charge in [0.05, 0.1) is 19.9 Å². The van der Waals surface area contributed by atoms with Gasteiger partial charge >= 0.3 is 0 Å². The van der Waals surface area contributed by atoms with Gasteiger partial charge in [-0.05, 0) is 29.3 Å². The number of ether oxygens (including phenoxy) is 1. The summed E-state index contributed by atoms with van der Waals surface area (Å²) in [5.74, 6) is 1.24. The van der Waals surface area contributed by atoms with Crippen LogP contribution in [0.2, 0.25) is 5.15 Å². The van der Waals surface area contributed by atoms with Crippen molar-refractivity contribution in [2.24, 2.45) is 0 Å². The molecule has 0 spiro atoms. The molecule has 30 heavy (non-hydrogen) atoms. The number of halogens is 1. The van der Waals surface area contributed by atoms with E-state index >= 15 is 0 Å². The summed E-state index contributed by atoms with van der Waals surface area (Å²) in [5, 5.41) is 4.76. The maximum Gasteiger partial charge on any atom is 0.201 e. The molecule has 8 nitrogen and oxygen atoms in total. The number of rotatable bonds is 7. The van der Waals surface area contributed by atoms with E-state index in [1.165, 1.54) is 0 Å². The molecule has 2 aromatic heterocycles. The second-order valence-corrected chi connectivity index (χ2v) is 7.73. The van der Waals surface area contributed by atoms with Crippen LogP contribution in [0.5, 0.6) is 5.75 Å². The minimum Gasteiger partial charge on any atom is -0.497 e. The smallest absolute Gasteiger partial charge is 0.201 e. The first-order valence-corrected chi connectivity index (χ1v) is 10.6. The quantitative estimate of drug-likeness (QED) is 0.336. The van der Waals surface area contributed by atoms with E-state index < -0.39 is 10.9 Å². The molecule has 4 rings (SSSR count). The lowest BCUT2D eigenvalue weighted by Gasteiger charge is -2.04. The van der Waals surface area contributed by atoms with E-state index in [4.69, 9.17) is 16.3 Å². The molecular weight excluding hydrogens is 426 g/mol. The number of benzene rings is 2. The maximum absolute atomic E-state index is 10.8. The average molecular weight is 444 g/mol. The zero-order valence-electron chi connectivity index (χ0n) is 15.9. The Hall–Kier alpha value is -3.01. The Bertz CT molecular complexity index is 1260. The number of fused-ring (bicyclic) bond motifs is 1. The SMILES string of the molecule is COc1ccc(Cn2cc3nc(-c4cccc(CN[SH](=O)=O)c4)nc(Cl)c3n2)cc1. The van der Waals surface area contributed by atoms with Crippen molar-refractivity contribution in [2.75, 3.05) is 7.11 Å². The van der Waals surface area contributed by atoms with Crippen molar-refractivity contribution in [3.8, 4) is 17.1 Å². The molecule has 0 unspecified atom stereocenters. The van der Waals surface area contributed by atoms with Gasteiger partial charge in [-0.25, -0.2) is 23.1 Å².